The van der Waals surface area contributed by atoms with Crippen molar-refractivity contribution in [3.05, 3.63) is 0 Å². The molecule has 0 amide bonds. The van der Waals surface area contributed by atoms with Gasteiger partial charge in [-0.05, 0) is 40.7 Å². The first-order valence-electron chi connectivity index (χ1n) is 5.91. The van der Waals surface area contributed by atoms with E-state index in [-0.39, 0.29) is 6.04 Å². The van der Waals surface area contributed by atoms with Gasteiger partial charge in [-0.25, -0.2) is 0 Å². The molecule has 88 valence electrons. The third-order valence-corrected chi connectivity index (χ3v) is 2.35. The second-order valence-electron chi connectivity index (χ2n) is 4.59. The van der Waals surface area contributed by atoms with E-state index in [2.05, 4.69) is 50.9 Å². The van der Waals surface area contributed by atoms with Crippen molar-refractivity contribution in [1.82, 2.24) is 10.2 Å². The lowest BCUT2D eigenvalue weighted by Gasteiger charge is -2.28. The third kappa shape index (κ3) is 6.48. The lowest BCUT2D eigenvalue weighted by atomic mass is 10.2. The third-order valence-electron chi connectivity index (χ3n) is 2.35. The quantitative estimate of drug-likeness (QED) is 0.700. The van der Waals surface area contributed by atoms with Crippen molar-refractivity contribution in [2.45, 2.75) is 59.2 Å². The van der Waals surface area contributed by atoms with Gasteiger partial charge in [-0.1, -0.05) is 6.92 Å². The number of hydrogen-bond acceptors (Lipinski definition) is 3. The Morgan fingerprint density at radius 1 is 1.27 bits per heavy atom. The molecule has 0 aromatic rings. The van der Waals surface area contributed by atoms with Gasteiger partial charge in [-0.2, -0.15) is 5.26 Å². The lowest BCUT2D eigenvalue weighted by Crippen LogP contribution is -2.45. The zero-order chi connectivity index (χ0) is 11.8. The minimum atomic E-state index is -0.0565. The van der Waals surface area contributed by atoms with Crippen LogP contribution in [-0.4, -0.2) is 36.1 Å². The van der Waals surface area contributed by atoms with Crippen LogP contribution < -0.4 is 5.32 Å². The molecule has 0 saturated carbocycles. The summed E-state index contributed by atoms with van der Waals surface area (Å²) in [4.78, 5) is 2.35. The van der Waals surface area contributed by atoms with Crippen LogP contribution in [0.3, 0.4) is 0 Å². The minimum absolute atomic E-state index is 0.0565. The van der Waals surface area contributed by atoms with Gasteiger partial charge in [0.05, 0.1) is 6.07 Å². The van der Waals surface area contributed by atoms with Crippen LogP contribution in [0.2, 0.25) is 0 Å². The van der Waals surface area contributed by atoms with Crippen molar-refractivity contribution in [3.8, 4) is 6.07 Å². The van der Waals surface area contributed by atoms with E-state index in [4.69, 9.17) is 5.26 Å². The molecule has 1 N–H and O–H groups in total. The van der Waals surface area contributed by atoms with Gasteiger partial charge < -0.3 is 0 Å². The van der Waals surface area contributed by atoms with Crippen LogP contribution >= 0.6 is 0 Å². The van der Waals surface area contributed by atoms with Crippen LogP contribution in [-0.2, 0) is 0 Å². The molecule has 0 radical (unpaired) electrons. The molecule has 0 aliphatic carbocycles. The predicted molar refractivity (Wildman–Crippen MR) is 64.7 cm³/mol. The summed E-state index contributed by atoms with van der Waals surface area (Å²) in [6.07, 6.45) is 1.14. The Labute approximate surface area is 94.5 Å². The molecule has 0 aliphatic rings. The number of nitrogens with zero attached hydrogens (tertiary/aromatic N) is 2. The van der Waals surface area contributed by atoms with E-state index in [9.17, 15) is 0 Å². The highest BCUT2D eigenvalue weighted by Crippen LogP contribution is 2.01. The molecule has 0 spiro atoms. The number of hydrogen-bond donors (Lipinski definition) is 1. The molecular weight excluding hydrogens is 186 g/mol. The van der Waals surface area contributed by atoms with Crippen LogP contribution in [0, 0.1) is 11.3 Å². The largest absolute Gasteiger partial charge is 0.299 e. The maximum Gasteiger partial charge on any atom is 0.108 e. The maximum absolute atomic E-state index is 9.03. The fourth-order valence-corrected chi connectivity index (χ4v) is 1.62. The van der Waals surface area contributed by atoms with Crippen molar-refractivity contribution in [2.24, 2.45) is 0 Å². The van der Waals surface area contributed by atoms with E-state index < -0.39 is 0 Å². The summed E-state index contributed by atoms with van der Waals surface area (Å²) in [5, 5.41) is 12.3. The molecule has 1 unspecified atom stereocenters. The van der Waals surface area contributed by atoms with Crippen LogP contribution in [0.25, 0.3) is 0 Å². The van der Waals surface area contributed by atoms with Crippen LogP contribution in [0.5, 0.6) is 0 Å². The second kappa shape index (κ2) is 7.67. The summed E-state index contributed by atoms with van der Waals surface area (Å²) >= 11 is 0. The van der Waals surface area contributed by atoms with Crippen molar-refractivity contribution < 1.29 is 0 Å². The van der Waals surface area contributed by atoms with Crippen molar-refractivity contribution in [3.63, 3.8) is 0 Å². The fourth-order valence-electron chi connectivity index (χ4n) is 1.62. The lowest BCUT2D eigenvalue weighted by molar-refractivity contribution is 0.207. The summed E-state index contributed by atoms with van der Waals surface area (Å²) < 4.78 is 0. The Balaban J connectivity index is 4.17. The molecule has 0 aliphatic heterocycles. The Bertz CT molecular complexity index is 194. The number of nitrogens with one attached hydrogen (secondary N) is 1. The SMILES string of the molecule is CCCN(CC(C#N)NC(C)C)C(C)C. The zero-order valence-corrected chi connectivity index (χ0v) is 10.7. The van der Waals surface area contributed by atoms with Gasteiger partial charge in [-0.15, -0.1) is 0 Å². The average molecular weight is 211 g/mol. The van der Waals surface area contributed by atoms with E-state index in [0.717, 1.165) is 19.5 Å². The van der Waals surface area contributed by atoms with E-state index in [1.54, 1.807) is 0 Å². The van der Waals surface area contributed by atoms with Gasteiger partial charge in [0.2, 0.25) is 0 Å². The predicted octanol–water partition coefficient (Wildman–Crippen LogP) is 2.00. The molecule has 0 fully saturated rings. The first-order valence-corrected chi connectivity index (χ1v) is 5.91. The molecule has 0 heterocycles. The minimum Gasteiger partial charge on any atom is -0.299 e. The normalized spacial score (nSPS) is 13.5. The Hall–Kier alpha value is -0.590. The summed E-state index contributed by atoms with van der Waals surface area (Å²) in [5.41, 5.74) is 0. The summed E-state index contributed by atoms with van der Waals surface area (Å²) in [7, 11) is 0. The van der Waals surface area contributed by atoms with Gasteiger partial charge in [0.25, 0.3) is 0 Å². The highest BCUT2D eigenvalue weighted by Gasteiger charge is 2.15. The van der Waals surface area contributed by atoms with Crippen molar-refractivity contribution in [1.29, 1.82) is 5.26 Å². The summed E-state index contributed by atoms with van der Waals surface area (Å²) in [6.45, 7) is 12.6. The monoisotopic (exact) mass is 211 g/mol. The van der Waals surface area contributed by atoms with Crippen LogP contribution in [0.1, 0.15) is 41.0 Å². The second-order valence-corrected chi connectivity index (χ2v) is 4.59. The Morgan fingerprint density at radius 2 is 1.87 bits per heavy atom. The summed E-state index contributed by atoms with van der Waals surface area (Å²) in [6, 6.07) is 3.14. The average Bonchev–Trinajstić information content (AvgIpc) is 2.14. The molecular formula is C12H25N3. The standard InChI is InChI=1S/C12H25N3/c1-6-7-15(11(4)5)9-12(8-13)14-10(2)3/h10-12,14H,6-7,9H2,1-5H3. The van der Waals surface area contributed by atoms with E-state index in [0.29, 0.717) is 12.1 Å². The fraction of sp³-hybridized carbons (Fsp3) is 0.917. The molecule has 15 heavy (non-hydrogen) atoms. The molecule has 3 nitrogen and oxygen atoms in total. The smallest absolute Gasteiger partial charge is 0.108 e. The van der Waals surface area contributed by atoms with E-state index in [1.807, 2.05) is 0 Å². The van der Waals surface area contributed by atoms with Crippen molar-refractivity contribution in [2.75, 3.05) is 13.1 Å². The topological polar surface area (TPSA) is 39.1 Å². The molecule has 0 saturated heterocycles. The molecule has 0 aromatic carbocycles. The Kier molecular flexibility index (Phi) is 7.37. The summed E-state index contributed by atoms with van der Waals surface area (Å²) in [5.74, 6) is 0. The first-order chi connectivity index (χ1) is 7.01. The maximum atomic E-state index is 9.03. The molecule has 0 aromatic heterocycles. The van der Waals surface area contributed by atoms with Crippen molar-refractivity contribution >= 4 is 0 Å². The molecule has 0 bridgehead atoms. The number of nitriles is 1. The molecule has 1 atom stereocenters. The highest BCUT2D eigenvalue weighted by molar-refractivity contribution is 4.93. The van der Waals surface area contributed by atoms with E-state index >= 15 is 0 Å². The Morgan fingerprint density at radius 3 is 2.20 bits per heavy atom. The highest BCUT2D eigenvalue weighted by atomic mass is 15.2. The van der Waals surface area contributed by atoms with Crippen LogP contribution in [0.4, 0.5) is 0 Å². The van der Waals surface area contributed by atoms with Gasteiger partial charge >= 0.3 is 0 Å². The van der Waals surface area contributed by atoms with Gasteiger partial charge in [0.1, 0.15) is 6.04 Å². The van der Waals surface area contributed by atoms with Crippen LogP contribution in [0.15, 0.2) is 0 Å². The van der Waals surface area contributed by atoms with Gasteiger partial charge in [0, 0.05) is 18.6 Å². The van der Waals surface area contributed by atoms with Gasteiger partial charge in [-0.3, -0.25) is 10.2 Å². The first kappa shape index (κ1) is 14.4. The number of rotatable bonds is 7. The van der Waals surface area contributed by atoms with E-state index in [1.165, 1.54) is 0 Å². The molecule has 3 heteroatoms. The zero-order valence-electron chi connectivity index (χ0n) is 10.7. The molecule has 0 rings (SSSR count). The van der Waals surface area contributed by atoms with Gasteiger partial charge in [0.15, 0.2) is 0 Å².